The Labute approximate surface area is 197 Å². The first-order valence-electron chi connectivity index (χ1n) is 9.24. The molecular weight excluding hydrogens is 562 g/mol. The second kappa shape index (κ2) is 10.6. The van der Waals surface area contributed by atoms with Crippen molar-refractivity contribution in [2.75, 3.05) is 0 Å². The van der Waals surface area contributed by atoms with Crippen molar-refractivity contribution in [1.82, 2.24) is 9.97 Å². The summed E-state index contributed by atoms with van der Waals surface area (Å²) in [5, 5.41) is 0. The molecule has 1 aliphatic rings. The quantitative estimate of drug-likeness (QED) is 0.127. The van der Waals surface area contributed by atoms with Crippen molar-refractivity contribution in [3.63, 3.8) is 0 Å². The van der Waals surface area contributed by atoms with Gasteiger partial charge in [0.2, 0.25) is 0 Å². The Kier molecular flexibility index (Phi) is 9.42. The first kappa shape index (κ1) is 28.5. The molecule has 32 heavy (non-hydrogen) atoms. The number of aromatic nitrogens is 2. The fraction of sp³-hybridized carbons (Fsp3) is 0.238. The minimum Gasteiger partial charge on any atom is -0.254 e. The van der Waals surface area contributed by atoms with E-state index in [1.807, 2.05) is 41.8 Å². The van der Waals surface area contributed by atoms with Gasteiger partial charge in [-0.3, -0.25) is 9.97 Å². The van der Waals surface area contributed by atoms with Crippen LogP contribution in [0.3, 0.4) is 0 Å². The van der Waals surface area contributed by atoms with Crippen LogP contribution in [-0.4, -0.2) is 9.97 Å². The summed E-state index contributed by atoms with van der Waals surface area (Å²) in [5.41, 5.74) is 7.44. The van der Waals surface area contributed by atoms with Gasteiger partial charge < -0.3 is 0 Å². The van der Waals surface area contributed by atoms with Crippen molar-refractivity contribution in [3.8, 4) is 11.4 Å². The summed E-state index contributed by atoms with van der Waals surface area (Å²) in [7, 11) is -6.09. The van der Waals surface area contributed by atoms with Crippen LogP contribution in [0.5, 0.6) is 0 Å². The molecule has 0 N–H and O–H groups in total. The zero-order chi connectivity index (χ0) is 24.6. The van der Waals surface area contributed by atoms with Gasteiger partial charge in [0.05, 0.1) is 11.4 Å². The molecular formula is C21H22ClF6N2PRu. The molecule has 3 aromatic rings. The van der Waals surface area contributed by atoms with Gasteiger partial charge in [-0.1, -0.05) is 55.8 Å². The summed E-state index contributed by atoms with van der Waals surface area (Å²) < 4.78 is 59.2. The largest absolute Gasteiger partial charge is 0.254 e. The third-order valence-electron chi connectivity index (χ3n) is 4.13. The molecule has 0 spiro atoms. The number of aryl methyl sites for hydroxylation is 1. The van der Waals surface area contributed by atoms with E-state index in [2.05, 4.69) is 76.8 Å². The van der Waals surface area contributed by atoms with Crippen molar-refractivity contribution in [2.24, 2.45) is 0 Å². The maximum Gasteiger partial charge on any atom is 0.0924 e. The van der Waals surface area contributed by atoms with Crippen LogP contribution in [0.25, 0.3) is 11.4 Å². The molecule has 2 aromatic heterocycles. The molecule has 0 unspecified atom stereocenters. The number of halogens is 7. The first-order valence-corrected chi connectivity index (χ1v) is 13.5. The number of hydrogen-bond acceptors (Lipinski definition) is 2. The topological polar surface area (TPSA) is 25.8 Å². The van der Waals surface area contributed by atoms with Gasteiger partial charge in [-0.15, -0.1) is 0 Å². The molecule has 0 atom stereocenters. The zero-order valence-corrected chi connectivity index (χ0v) is 20.8. The summed E-state index contributed by atoms with van der Waals surface area (Å²) in [6.07, 6.45) is 4.62. The normalized spacial score (nSPS) is 13.5. The molecule has 0 saturated heterocycles. The average Bonchev–Trinajstić information content (AvgIpc) is 3.07. The van der Waals surface area contributed by atoms with Gasteiger partial charge in [-0.25, -0.2) is 0 Å². The van der Waals surface area contributed by atoms with E-state index >= 15 is 0 Å². The van der Waals surface area contributed by atoms with E-state index in [4.69, 9.17) is 0 Å². The van der Waals surface area contributed by atoms with E-state index in [0.717, 1.165) is 17.8 Å². The Balaban J connectivity index is 0.000000243. The SMILES string of the molecule is Cc1ccc(C(C)C)cc1.F[P-](F)(F)(F)(F)F.[Cl][Ru+].c1cnc2c(c1)Cc1cccnc1-2. The fourth-order valence-electron chi connectivity index (χ4n) is 2.75. The monoisotopic (exact) mass is 584 g/mol. The van der Waals surface area contributed by atoms with E-state index in [1.165, 1.54) is 22.3 Å². The van der Waals surface area contributed by atoms with Gasteiger partial charge in [0.1, 0.15) is 0 Å². The summed E-state index contributed by atoms with van der Waals surface area (Å²) in [5.74, 6) is 0.653. The minimum absolute atomic E-state index is 0.653. The van der Waals surface area contributed by atoms with Crippen LogP contribution in [0.15, 0.2) is 60.9 Å². The van der Waals surface area contributed by atoms with Crippen LogP contribution in [0.4, 0.5) is 25.2 Å². The molecule has 0 saturated carbocycles. The molecule has 0 bridgehead atoms. The third-order valence-corrected chi connectivity index (χ3v) is 4.13. The Morgan fingerprint density at radius 3 is 1.50 bits per heavy atom. The molecule has 0 aliphatic heterocycles. The van der Waals surface area contributed by atoms with Crippen LogP contribution >= 0.6 is 17.5 Å². The van der Waals surface area contributed by atoms with Crippen LogP contribution in [-0.2, 0) is 23.7 Å². The molecule has 2 nitrogen and oxygen atoms in total. The zero-order valence-electron chi connectivity index (χ0n) is 17.4. The van der Waals surface area contributed by atoms with Gasteiger partial charge >= 0.3 is 60.0 Å². The van der Waals surface area contributed by atoms with Gasteiger partial charge in [0.25, 0.3) is 0 Å². The van der Waals surface area contributed by atoms with Crippen molar-refractivity contribution in [2.45, 2.75) is 33.1 Å². The number of hydrogen-bond donors (Lipinski definition) is 0. The number of fused-ring (bicyclic) bond motifs is 3. The number of rotatable bonds is 1. The summed E-state index contributed by atoms with van der Waals surface area (Å²) in [6, 6.07) is 16.9. The van der Waals surface area contributed by atoms with Gasteiger partial charge in [0, 0.05) is 18.8 Å². The molecule has 2 heterocycles. The molecule has 0 fully saturated rings. The smallest absolute Gasteiger partial charge is 0.0924 e. The average molecular weight is 584 g/mol. The molecule has 0 amide bonds. The van der Waals surface area contributed by atoms with Gasteiger partial charge in [0.15, 0.2) is 0 Å². The van der Waals surface area contributed by atoms with Gasteiger partial charge in [-0.05, 0) is 41.7 Å². The Bertz CT molecular complexity index is 958. The summed E-state index contributed by atoms with van der Waals surface area (Å²) in [4.78, 5) is 8.68. The van der Waals surface area contributed by atoms with Crippen LogP contribution in [0.2, 0.25) is 0 Å². The van der Waals surface area contributed by atoms with Crippen LogP contribution in [0, 0.1) is 6.92 Å². The van der Waals surface area contributed by atoms with Crippen molar-refractivity contribution < 1.29 is 42.5 Å². The molecule has 4 rings (SSSR count). The molecule has 178 valence electrons. The summed E-state index contributed by atoms with van der Waals surface area (Å²) >= 11 is 1.82. The standard InChI is InChI=1S/C11H8N2.C10H14.ClH.F6P.Ru/c1-3-8-7-9-4-2-6-13-11(9)10(8)12-5-1;1-8(2)10-6-4-9(3)5-7-10;;1-7(2,3,4,5)6;/h1-6H,7H2;4-8H,1-3H3;1H;;/q;;;-1;+2/p-1. The predicted molar refractivity (Wildman–Crippen MR) is 115 cm³/mol. The minimum atomic E-state index is -10.7. The van der Waals surface area contributed by atoms with Crippen molar-refractivity contribution in [1.29, 1.82) is 0 Å². The number of nitrogens with zero attached hydrogens (tertiary/aromatic N) is 2. The Hall–Kier alpha value is -1.56. The number of pyridine rings is 2. The van der Waals surface area contributed by atoms with E-state index in [9.17, 15) is 25.2 Å². The Morgan fingerprint density at radius 1 is 0.781 bits per heavy atom. The number of benzene rings is 1. The van der Waals surface area contributed by atoms with Crippen molar-refractivity contribution >= 4 is 17.5 Å². The van der Waals surface area contributed by atoms with E-state index in [1.54, 1.807) is 0 Å². The van der Waals surface area contributed by atoms with Crippen molar-refractivity contribution in [3.05, 3.63) is 83.2 Å². The van der Waals surface area contributed by atoms with Crippen LogP contribution in [0.1, 0.15) is 42.0 Å². The van der Waals surface area contributed by atoms with Gasteiger partial charge in [-0.2, -0.15) is 0 Å². The molecule has 0 radical (unpaired) electrons. The molecule has 1 aliphatic carbocycles. The second-order valence-corrected chi connectivity index (χ2v) is 9.14. The third kappa shape index (κ3) is 11.9. The maximum absolute atomic E-state index is 10.7. The first-order chi connectivity index (χ1) is 14.6. The van der Waals surface area contributed by atoms with E-state index in [-0.39, 0.29) is 0 Å². The van der Waals surface area contributed by atoms with E-state index < -0.39 is 7.81 Å². The van der Waals surface area contributed by atoms with E-state index in [0.29, 0.717) is 5.92 Å². The summed E-state index contributed by atoms with van der Waals surface area (Å²) in [6.45, 7) is 6.54. The molecule has 11 heteroatoms. The second-order valence-electron chi connectivity index (χ2n) is 7.22. The fourth-order valence-corrected chi connectivity index (χ4v) is 2.75. The Morgan fingerprint density at radius 2 is 1.16 bits per heavy atom. The van der Waals surface area contributed by atoms with Crippen LogP contribution < -0.4 is 0 Å². The maximum atomic E-state index is 9.87. The predicted octanol–water partition coefficient (Wildman–Crippen LogP) is 9.24. The molecule has 1 aromatic carbocycles.